The van der Waals surface area contributed by atoms with Crippen molar-refractivity contribution >= 4 is 5.97 Å². The Labute approximate surface area is 88.3 Å². The summed E-state index contributed by atoms with van der Waals surface area (Å²) in [6, 6.07) is 0. The van der Waals surface area contributed by atoms with E-state index in [1.807, 2.05) is 4.68 Å². The van der Waals surface area contributed by atoms with Crippen LogP contribution in [0.5, 0.6) is 0 Å². The first-order chi connectivity index (χ1) is 7.24. The number of rotatable bonds is 7. The summed E-state index contributed by atoms with van der Waals surface area (Å²) in [6.45, 7) is 3.93. The lowest BCUT2D eigenvalue weighted by atomic mass is 10.4. The molecule has 2 N–H and O–H groups in total. The molecule has 0 bridgehead atoms. The lowest BCUT2D eigenvalue weighted by molar-refractivity contribution is -0.136. The van der Waals surface area contributed by atoms with Crippen LogP contribution in [0.3, 0.4) is 0 Å². The van der Waals surface area contributed by atoms with Crippen LogP contribution in [0.4, 0.5) is 0 Å². The van der Waals surface area contributed by atoms with E-state index in [9.17, 15) is 4.79 Å². The van der Waals surface area contributed by atoms with Crippen molar-refractivity contribution in [3.05, 3.63) is 12.2 Å². The minimum atomic E-state index is -0.794. The highest BCUT2D eigenvalue weighted by Gasteiger charge is 2.03. The topological polar surface area (TPSA) is 80.0 Å². The SMILES string of the molecule is CCCn1ncnc1CNCCC(=O)O. The quantitative estimate of drug-likeness (QED) is 0.633. The molecule has 0 fully saturated rings. The van der Waals surface area contributed by atoms with Crippen molar-refractivity contribution in [3.63, 3.8) is 0 Å². The van der Waals surface area contributed by atoms with Gasteiger partial charge in [-0.25, -0.2) is 9.67 Å². The largest absolute Gasteiger partial charge is 0.481 e. The first-order valence-electron chi connectivity index (χ1n) is 5.03. The van der Waals surface area contributed by atoms with E-state index in [2.05, 4.69) is 22.3 Å². The number of hydrogen-bond acceptors (Lipinski definition) is 4. The molecule has 1 heterocycles. The Morgan fingerprint density at radius 2 is 2.47 bits per heavy atom. The Kier molecular flexibility index (Phi) is 4.76. The van der Waals surface area contributed by atoms with Crippen LogP contribution < -0.4 is 5.32 Å². The van der Waals surface area contributed by atoms with Gasteiger partial charge in [-0.3, -0.25) is 4.79 Å². The number of nitrogens with one attached hydrogen (secondary N) is 1. The molecule has 0 aliphatic carbocycles. The second-order valence-electron chi connectivity index (χ2n) is 3.22. The van der Waals surface area contributed by atoms with E-state index in [0.29, 0.717) is 13.1 Å². The van der Waals surface area contributed by atoms with E-state index in [-0.39, 0.29) is 6.42 Å². The van der Waals surface area contributed by atoms with Gasteiger partial charge in [-0.05, 0) is 6.42 Å². The van der Waals surface area contributed by atoms with Crippen molar-refractivity contribution in [2.75, 3.05) is 6.54 Å². The van der Waals surface area contributed by atoms with Crippen LogP contribution in [0.2, 0.25) is 0 Å². The average Bonchev–Trinajstić information content (AvgIpc) is 2.61. The summed E-state index contributed by atoms with van der Waals surface area (Å²) in [5.74, 6) is 0.0553. The predicted molar refractivity (Wildman–Crippen MR) is 54.3 cm³/mol. The number of hydrogen-bond donors (Lipinski definition) is 2. The number of carboxylic acid groups (broad SMARTS) is 1. The van der Waals surface area contributed by atoms with Gasteiger partial charge in [0.2, 0.25) is 0 Å². The van der Waals surface area contributed by atoms with E-state index in [4.69, 9.17) is 5.11 Å². The molecule has 0 aromatic carbocycles. The van der Waals surface area contributed by atoms with Crippen LogP contribution in [-0.2, 0) is 17.9 Å². The normalized spacial score (nSPS) is 10.5. The number of carbonyl (C=O) groups is 1. The molecule has 1 rings (SSSR count). The molecule has 0 amide bonds. The maximum atomic E-state index is 10.3. The van der Waals surface area contributed by atoms with Crippen LogP contribution in [0.15, 0.2) is 6.33 Å². The van der Waals surface area contributed by atoms with Gasteiger partial charge in [-0.15, -0.1) is 0 Å². The third-order valence-corrected chi connectivity index (χ3v) is 1.93. The minimum absolute atomic E-state index is 0.127. The zero-order chi connectivity index (χ0) is 11.1. The van der Waals surface area contributed by atoms with E-state index in [0.717, 1.165) is 18.8 Å². The average molecular weight is 212 g/mol. The molecular weight excluding hydrogens is 196 g/mol. The molecule has 0 radical (unpaired) electrons. The molecule has 0 aliphatic heterocycles. The highest BCUT2D eigenvalue weighted by molar-refractivity contribution is 5.66. The lowest BCUT2D eigenvalue weighted by Crippen LogP contribution is -2.20. The maximum Gasteiger partial charge on any atom is 0.304 e. The molecule has 0 spiro atoms. The van der Waals surface area contributed by atoms with Crippen LogP contribution in [0, 0.1) is 0 Å². The standard InChI is InChI=1S/C9H16N4O2/c1-2-5-13-8(11-7-12-13)6-10-4-3-9(14)15/h7,10H,2-6H2,1H3,(H,14,15). The lowest BCUT2D eigenvalue weighted by Gasteiger charge is -2.04. The smallest absolute Gasteiger partial charge is 0.304 e. The van der Waals surface area contributed by atoms with Gasteiger partial charge in [0.15, 0.2) is 0 Å². The predicted octanol–water partition coefficient (Wildman–Crippen LogP) is 0.252. The fourth-order valence-electron chi connectivity index (χ4n) is 1.22. The molecule has 6 nitrogen and oxygen atoms in total. The van der Waals surface area contributed by atoms with Gasteiger partial charge in [-0.1, -0.05) is 6.92 Å². The number of nitrogens with zero attached hydrogens (tertiary/aromatic N) is 3. The number of carboxylic acids is 1. The minimum Gasteiger partial charge on any atom is -0.481 e. The molecule has 1 aromatic rings. The van der Waals surface area contributed by atoms with E-state index in [1.165, 1.54) is 6.33 Å². The zero-order valence-electron chi connectivity index (χ0n) is 8.81. The number of aromatic nitrogens is 3. The third-order valence-electron chi connectivity index (χ3n) is 1.93. The number of aliphatic carboxylic acids is 1. The molecule has 15 heavy (non-hydrogen) atoms. The molecule has 1 aromatic heterocycles. The molecule has 0 aliphatic rings. The Hall–Kier alpha value is -1.43. The van der Waals surface area contributed by atoms with Crippen LogP contribution in [0.1, 0.15) is 25.6 Å². The first-order valence-corrected chi connectivity index (χ1v) is 5.03. The van der Waals surface area contributed by atoms with Gasteiger partial charge < -0.3 is 10.4 Å². The van der Waals surface area contributed by atoms with Crippen LogP contribution in [-0.4, -0.2) is 32.4 Å². The van der Waals surface area contributed by atoms with Gasteiger partial charge >= 0.3 is 5.97 Å². The first kappa shape index (κ1) is 11.6. The monoisotopic (exact) mass is 212 g/mol. The van der Waals surface area contributed by atoms with Crippen molar-refractivity contribution in [1.82, 2.24) is 20.1 Å². The molecular formula is C9H16N4O2. The van der Waals surface area contributed by atoms with Gasteiger partial charge in [0.05, 0.1) is 13.0 Å². The van der Waals surface area contributed by atoms with E-state index < -0.39 is 5.97 Å². The summed E-state index contributed by atoms with van der Waals surface area (Å²) in [7, 11) is 0. The van der Waals surface area contributed by atoms with Gasteiger partial charge in [0.25, 0.3) is 0 Å². The maximum absolute atomic E-state index is 10.3. The van der Waals surface area contributed by atoms with Crippen LogP contribution in [0.25, 0.3) is 0 Å². The summed E-state index contributed by atoms with van der Waals surface area (Å²) in [5, 5.41) is 15.5. The fraction of sp³-hybridized carbons (Fsp3) is 0.667. The Morgan fingerprint density at radius 1 is 1.67 bits per heavy atom. The van der Waals surface area contributed by atoms with Crippen molar-refractivity contribution in [2.45, 2.75) is 32.9 Å². The summed E-state index contributed by atoms with van der Waals surface area (Å²) in [4.78, 5) is 14.4. The zero-order valence-corrected chi connectivity index (χ0v) is 8.81. The van der Waals surface area contributed by atoms with Gasteiger partial charge in [0, 0.05) is 13.1 Å². The van der Waals surface area contributed by atoms with Crippen molar-refractivity contribution in [1.29, 1.82) is 0 Å². The molecule has 0 saturated heterocycles. The van der Waals surface area contributed by atoms with Crippen molar-refractivity contribution < 1.29 is 9.90 Å². The van der Waals surface area contributed by atoms with E-state index in [1.54, 1.807) is 0 Å². The fourth-order valence-corrected chi connectivity index (χ4v) is 1.22. The van der Waals surface area contributed by atoms with Gasteiger partial charge in [-0.2, -0.15) is 5.10 Å². The molecule has 0 saturated carbocycles. The van der Waals surface area contributed by atoms with E-state index >= 15 is 0 Å². The summed E-state index contributed by atoms with van der Waals surface area (Å²) in [6.07, 6.45) is 2.65. The second kappa shape index (κ2) is 6.13. The highest BCUT2D eigenvalue weighted by Crippen LogP contribution is 1.95. The summed E-state index contributed by atoms with van der Waals surface area (Å²) >= 11 is 0. The third kappa shape index (κ3) is 4.07. The Morgan fingerprint density at radius 3 is 3.13 bits per heavy atom. The Balaban J connectivity index is 2.30. The van der Waals surface area contributed by atoms with Gasteiger partial charge in [0.1, 0.15) is 12.2 Å². The molecule has 6 heteroatoms. The molecule has 0 unspecified atom stereocenters. The summed E-state index contributed by atoms with van der Waals surface area (Å²) < 4.78 is 1.83. The van der Waals surface area contributed by atoms with Crippen LogP contribution >= 0.6 is 0 Å². The number of aryl methyl sites for hydroxylation is 1. The molecule has 84 valence electrons. The summed E-state index contributed by atoms with van der Waals surface area (Å²) in [5.41, 5.74) is 0. The van der Waals surface area contributed by atoms with Crippen molar-refractivity contribution in [2.24, 2.45) is 0 Å². The Bertz CT molecular complexity index is 311. The second-order valence-corrected chi connectivity index (χ2v) is 3.22. The molecule has 0 atom stereocenters. The highest BCUT2D eigenvalue weighted by atomic mass is 16.4. The van der Waals surface area contributed by atoms with Crippen molar-refractivity contribution in [3.8, 4) is 0 Å².